The average Bonchev–Trinajstić information content (AvgIpc) is 2.66. The van der Waals surface area contributed by atoms with Gasteiger partial charge >= 0.3 is 5.97 Å². The van der Waals surface area contributed by atoms with Gasteiger partial charge in [-0.3, -0.25) is 4.79 Å². The number of likely N-dealkylation sites (N-methyl/N-ethyl adjacent to an activating group) is 1. The number of hydrogen-bond donors (Lipinski definition) is 1. The fourth-order valence-electron chi connectivity index (χ4n) is 3.05. The van der Waals surface area contributed by atoms with Crippen LogP contribution in [0.5, 0.6) is 0 Å². The Balaban J connectivity index is 1.75. The van der Waals surface area contributed by atoms with E-state index in [-0.39, 0.29) is 18.5 Å². The van der Waals surface area contributed by atoms with E-state index in [1.54, 1.807) is 11.9 Å². The maximum absolute atomic E-state index is 13.0. The molecule has 27 heavy (non-hydrogen) atoms. The smallest absolute Gasteiger partial charge is 0.318 e. The standard InChI is InChI=1S/C19H20N4O4/c1-22-13-16(12-20-19(22)21-23(25)26)27-18(24)17(14-8-4-2-5-9-14)15-10-6-3-7-11-15/h2-11,16-17H,12-13H2,1H3,(H,20,21). The number of carbonyl (C=O) groups is 1. The highest BCUT2D eigenvalue weighted by atomic mass is 16.7. The largest absolute Gasteiger partial charge is 0.458 e. The second-order valence-corrected chi connectivity index (χ2v) is 6.24. The molecule has 0 spiro atoms. The van der Waals surface area contributed by atoms with E-state index in [1.165, 1.54) is 0 Å². The van der Waals surface area contributed by atoms with Crippen molar-refractivity contribution < 1.29 is 14.6 Å². The quantitative estimate of drug-likeness (QED) is 0.491. The molecule has 2 aromatic carbocycles. The van der Waals surface area contributed by atoms with E-state index in [0.717, 1.165) is 11.1 Å². The molecular weight excluding hydrogens is 348 g/mol. The third-order valence-electron chi connectivity index (χ3n) is 4.29. The normalized spacial score (nSPS) is 18.2. The average molecular weight is 368 g/mol. The lowest BCUT2D eigenvalue weighted by molar-refractivity contribution is -0.486. The Hall–Kier alpha value is -3.42. The summed E-state index contributed by atoms with van der Waals surface area (Å²) < 4.78 is 5.72. The number of hydrazone groups is 1. The number of esters is 1. The number of nitrogens with zero attached hydrogens (tertiary/aromatic N) is 3. The minimum Gasteiger partial charge on any atom is -0.458 e. The molecule has 1 aliphatic heterocycles. The maximum Gasteiger partial charge on any atom is 0.318 e. The van der Waals surface area contributed by atoms with Crippen LogP contribution < -0.4 is 5.32 Å². The molecule has 1 heterocycles. The predicted octanol–water partition coefficient (Wildman–Crippen LogP) is 1.81. The van der Waals surface area contributed by atoms with E-state index in [0.29, 0.717) is 6.54 Å². The SMILES string of the molecule is CN1CC(OC(=O)C(c2ccccc2)c2ccccc2)CN/C1=N/[N+](=O)[O-]. The van der Waals surface area contributed by atoms with Gasteiger partial charge in [-0.1, -0.05) is 60.7 Å². The molecule has 140 valence electrons. The van der Waals surface area contributed by atoms with Crippen molar-refractivity contribution in [2.24, 2.45) is 5.10 Å². The Morgan fingerprint density at radius 3 is 2.22 bits per heavy atom. The predicted molar refractivity (Wildman–Crippen MR) is 99.7 cm³/mol. The fourth-order valence-corrected chi connectivity index (χ4v) is 3.05. The number of rotatable bonds is 5. The van der Waals surface area contributed by atoms with Crippen LogP contribution in [-0.4, -0.2) is 48.1 Å². The number of benzene rings is 2. The first-order chi connectivity index (χ1) is 13.0. The molecule has 0 bridgehead atoms. The van der Waals surface area contributed by atoms with Gasteiger partial charge in [0.1, 0.15) is 17.1 Å². The van der Waals surface area contributed by atoms with Crippen molar-refractivity contribution in [2.75, 3.05) is 20.1 Å². The zero-order chi connectivity index (χ0) is 19.2. The van der Waals surface area contributed by atoms with Crippen molar-refractivity contribution in [3.63, 3.8) is 0 Å². The van der Waals surface area contributed by atoms with Crippen molar-refractivity contribution >= 4 is 11.9 Å². The van der Waals surface area contributed by atoms with Gasteiger partial charge < -0.3 is 15.0 Å². The Morgan fingerprint density at radius 2 is 1.74 bits per heavy atom. The number of guanidine groups is 1. The molecule has 1 N–H and O–H groups in total. The van der Waals surface area contributed by atoms with Gasteiger partial charge in [0.2, 0.25) is 0 Å². The van der Waals surface area contributed by atoms with Crippen LogP contribution in [-0.2, 0) is 9.53 Å². The lowest BCUT2D eigenvalue weighted by Crippen LogP contribution is -2.54. The van der Waals surface area contributed by atoms with Gasteiger partial charge in [0.15, 0.2) is 5.03 Å². The molecule has 8 heteroatoms. The number of ether oxygens (including phenoxy) is 1. The third-order valence-corrected chi connectivity index (χ3v) is 4.29. The molecule has 0 aliphatic carbocycles. The molecule has 8 nitrogen and oxygen atoms in total. The molecule has 3 rings (SSSR count). The molecule has 1 saturated heterocycles. The molecule has 0 saturated carbocycles. The summed E-state index contributed by atoms with van der Waals surface area (Å²) in [5.41, 5.74) is 1.70. The van der Waals surface area contributed by atoms with Gasteiger partial charge in [-0.05, 0) is 11.1 Å². The topological polar surface area (TPSA) is 97.1 Å². The first-order valence-electron chi connectivity index (χ1n) is 8.53. The van der Waals surface area contributed by atoms with Crippen LogP contribution in [0.3, 0.4) is 0 Å². The van der Waals surface area contributed by atoms with E-state index in [1.807, 2.05) is 60.7 Å². The van der Waals surface area contributed by atoms with Crippen LogP contribution >= 0.6 is 0 Å². The van der Waals surface area contributed by atoms with Gasteiger partial charge in [0, 0.05) is 7.05 Å². The van der Waals surface area contributed by atoms with E-state index < -0.39 is 17.1 Å². The second-order valence-electron chi connectivity index (χ2n) is 6.24. The summed E-state index contributed by atoms with van der Waals surface area (Å²) >= 11 is 0. The summed E-state index contributed by atoms with van der Waals surface area (Å²) in [6.07, 6.45) is -0.442. The molecule has 2 aromatic rings. The Labute approximate surface area is 156 Å². The van der Waals surface area contributed by atoms with E-state index in [4.69, 9.17) is 4.74 Å². The van der Waals surface area contributed by atoms with Crippen LogP contribution in [0.25, 0.3) is 0 Å². The third kappa shape index (κ3) is 4.60. The number of nitro groups is 1. The number of nitrogens with one attached hydrogen (secondary N) is 1. The van der Waals surface area contributed by atoms with Gasteiger partial charge in [0.05, 0.1) is 13.1 Å². The summed E-state index contributed by atoms with van der Waals surface area (Å²) in [4.78, 5) is 25.1. The number of carbonyl (C=O) groups excluding carboxylic acids is 1. The van der Waals surface area contributed by atoms with Gasteiger partial charge in [0.25, 0.3) is 5.96 Å². The van der Waals surface area contributed by atoms with Crippen molar-refractivity contribution in [3.05, 3.63) is 81.9 Å². The van der Waals surface area contributed by atoms with Crippen LogP contribution in [0, 0.1) is 10.1 Å². The summed E-state index contributed by atoms with van der Waals surface area (Å²) in [6, 6.07) is 18.9. The van der Waals surface area contributed by atoms with Gasteiger partial charge in [-0.2, -0.15) is 0 Å². The maximum atomic E-state index is 13.0. The molecule has 0 amide bonds. The highest BCUT2D eigenvalue weighted by molar-refractivity contribution is 5.83. The molecule has 1 unspecified atom stereocenters. The Kier molecular flexibility index (Phi) is 5.65. The molecule has 0 aromatic heterocycles. The molecule has 1 aliphatic rings. The van der Waals surface area contributed by atoms with Crippen LogP contribution in [0.4, 0.5) is 0 Å². The van der Waals surface area contributed by atoms with Crippen LogP contribution in [0.1, 0.15) is 17.0 Å². The monoisotopic (exact) mass is 368 g/mol. The first kappa shape index (κ1) is 18.4. The van der Waals surface area contributed by atoms with E-state index in [2.05, 4.69) is 10.4 Å². The molecule has 0 radical (unpaired) electrons. The van der Waals surface area contributed by atoms with Crippen molar-refractivity contribution in [1.29, 1.82) is 0 Å². The first-order valence-corrected chi connectivity index (χ1v) is 8.53. The van der Waals surface area contributed by atoms with Crippen LogP contribution in [0.15, 0.2) is 65.8 Å². The highest BCUT2D eigenvalue weighted by Crippen LogP contribution is 2.26. The summed E-state index contributed by atoms with van der Waals surface area (Å²) in [6.45, 7) is 0.584. The van der Waals surface area contributed by atoms with Crippen LogP contribution in [0.2, 0.25) is 0 Å². The summed E-state index contributed by atoms with van der Waals surface area (Å²) in [5.74, 6) is -0.747. The lowest BCUT2D eigenvalue weighted by atomic mass is 9.91. The lowest BCUT2D eigenvalue weighted by Gasteiger charge is -2.32. The van der Waals surface area contributed by atoms with Crippen molar-refractivity contribution in [1.82, 2.24) is 10.2 Å². The summed E-state index contributed by atoms with van der Waals surface area (Å²) in [5, 5.41) is 15.9. The Bertz CT molecular complexity index is 787. The molecule has 1 atom stereocenters. The molecular formula is C19H20N4O4. The second kappa shape index (κ2) is 8.31. The highest BCUT2D eigenvalue weighted by Gasteiger charge is 2.30. The van der Waals surface area contributed by atoms with E-state index in [9.17, 15) is 14.9 Å². The van der Waals surface area contributed by atoms with Gasteiger partial charge in [-0.25, -0.2) is 10.1 Å². The summed E-state index contributed by atoms with van der Waals surface area (Å²) in [7, 11) is 1.65. The fraction of sp³-hybridized carbons (Fsp3) is 0.263. The minimum absolute atomic E-state index is 0.148. The molecule has 1 fully saturated rings. The number of hydrogen-bond acceptors (Lipinski definition) is 4. The Morgan fingerprint density at radius 1 is 1.19 bits per heavy atom. The zero-order valence-electron chi connectivity index (χ0n) is 14.8. The van der Waals surface area contributed by atoms with E-state index >= 15 is 0 Å². The minimum atomic E-state index is -0.758. The van der Waals surface area contributed by atoms with Crippen molar-refractivity contribution in [2.45, 2.75) is 12.0 Å². The van der Waals surface area contributed by atoms with Gasteiger partial charge in [-0.15, -0.1) is 0 Å². The zero-order valence-corrected chi connectivity index (χ0v) is 14.8. The van der Waals surface area contributed by atoms with Crippen molar-refractivity contribution in [3.8, 4) is 0 Å².